The van der Waals surface area contributed by atoms with Crippen LogP contribution in [0.4, 0.5) is 0 Å². The van der Waals surface area contributed by atoms with Gasteiger partial charge in [0.25, 0.3) is 0 Å². The molecule has 1 saturated carbocycles. The lowest BCUT2D eigenvalue weighted by Gasteiger charge is -2.42. The van der Waals surface area contributed by atoms with Crippen LogP contribution in [0.3, 0.4) is 0 Å². The Balaban J connectivity index is 1.84. The molecule has 2 aliphatic rings. The van der Waals surface area contributed by atoms with Gasteiger partial charge in [0.05, 0.1) is 0 Å². The number of rotatable bonds is 2. The lowest BCUT2D eigenvalue weighted by atomic mass is 9.85. The first-order chi connectivity index (χ1) is 7.66. The number of nitrogens with zero attached hydrogens (tertiary/aromatic N) is 2. The van der Waals surface area contributed by atoms with E-state index in [-0.39, 0.29) is 0 Å². The van der Waals surface area contributed by atoms with E-state index in [1.54, 1.807) is 0 Å². The van der Waals surface area contributed by atoms with Crippen molar-refractivity contribution in [2.75, 3.05) is 27.2 Å². The van der Waals surface area contributed by atoms with Crippen LogP contribution in [-0.2, 0) is 0 Å². The van der Waals surface area contributed by atoms with Crippen LogP contribution in [0.5, 0.6) is 0 Å². The van der Waals surface area contributed by atoms with Gasteiger partial charge in [-0.2, -0.15) is 0 Å². The van der Waals surface area contributed by atoms with Crippen molar-refractivity contribution in [3.05, 3.63) is 0 Å². The summed E-state index contributed by atoms with van der Waals surface area (Å²) in [7, 11) is 4.62. The Bertz CT molecular complexity index is 209. The molecule has 1 aliphatic carbocycles. The van der Waals surface area contributed by atoms with E-state index in [2.05, 4.69) is 30.8 Å². The first-order valence-electron chi connectivity index (χ1n) is 7.07. The van der Waals surface area contributed by atoms with E-state index in [1.165, 1.54) is 51.6 Å². The van der Waals surface area contributed by atoms with E-state index in [0.717, 1.165) is 18.0 Å². The topological polar surface area (TPSA) is 6.48 Å². The molecule has 0 N–H and O–H groups in total. The summed E-state index contributed by atoms with van der Waals surface area (Å²) in [4.78, 5) is 5.18. The number of likely N-dealkylation sites (tertiary alicyclic amines) is 1. The van der Waals surface area contributed by atoms with Crippen LogP contribution in [0.2, 0.25) is 0 Å². The summed E-state index contributed by atoms with van der Waals surface area (Å²) in [6, 6.07) is 1.73. The molecule has 2 nitrogen and oxygen atoms in total. The van der Waals surface area contributed by atoms with E-state index < -0.39 is 0 Å². The fraction of sp³-hybridized carbons (Fsp3) is 1.00. The standard InChI is InChI=1S/C14H28N2/c1-12-5-4-6-14(11-12)16(3)13-7-9-15(2)10-8-13/h12-14H,4-11H2,1-3H3/t12-,14+/m1/s1. The minimum absolute atomic E-state index is 0.853. The molecule has 0 aromatic rings. The van der Waals surface area contributed by atoms with Gasteiger partial charge in [0, 0.05) is 12.1 Å². The third-order valence-electron chi connectivity index (χ3n) is 4.75. The summed E-state index contributed by atoms with van der Waals surface area (Å²) in [6.07, 6.45) is 8.52. The van der Waals surface area contributed by atoms with Crippen LogP contribution in [0.1, 0.15) is 45.4 Å². The highest BCUT2D eigenvalue weighted by Crippen LogP contribution is 2.29. The minimum atomic E-state index is 0.853. The predicted molar refractivity (Wildman–Crippen MR) is 69.7 cm³/mol. The van der Waals surface area contributed by atoms with Crippen molar-refractivity contribution >= 4 is 0 Å². The molecule has 2 heteroatoms. The van der Waals surface area contributed by atoms with Crippen LogP contribution in [-0.4, -0.2) is 49.1 Å². The van der Waals surface area contributed by atoms with Crippen molar-refractivity contribution in [3.63, 3.8) is 0 Å². The van der Waals surface area contributed by atoms with Crippen LogP contribution < -0.4 is 0 Å². The van der Waals surface area contributed by atoms with Crippen molar-refractivity contribution in [2.45, 2.75) is 57.5 Å². The Morgan fingerprint density at radius 3 is 2.31 bits per heavy atom. The Hall–Kier alpha value is -0.0800. The van der Waals surface area contributed by atoms with Crippen LogP contribution in [0.15, 0.2) is 0 Å². The summed E-state index contributed by atoms with van der Waals surface area (Å²) >= 11 is 0. The average molecular weight is 224 g/mol. The molecule has 0 aromatic heterocycles. The van der Waals surface area contributed by atoms with E-state index >= 15 is 0 Å². The van der Waals surface area contributed by atoms with Gasteiger partial charge in [0.1, 0.15) is 0 Å². The molecule has 0 bridgehead atoms. The summed E-state index contributed by atoms with van der Waals surface area (Å²) in [5, 5.41) is 0. The third-order valence-corrected chi connectivity index (χ3v) is 4.75. The van der Waals surface area contributed by atoms with E-state index in [4.69, 9.17) is 0 Å². The lowest BCUT2D eigenvalue weighted by molar-refractivity contribution is 0.0774. The molecule has 2 fully saturated rings. The minimum Gasteiger partial charge on any atom is -0.306 e. The molecule has 0 spiro atoms. The smallest absolute Gasteiger partial charge is 0.0119 e. The van der Waals surface area contributed by atoms with Crippen LogP contribution >= 0.6 is 0 Å². The Kier molecular flexibility index (Phi) is 4.26. The molecular formula is C14H28N2. The third kappa shape index (κ3) is 2.98. The largest absolute Gasteiger partial charge is 0.306 e. The molecule has 1 heterocycles. The SMILES string of the molecule is C[C@@H]1CCC[C@H](N(C)C2CCN(C)CC2)C1. The molecule has 2 rings (SSSR count). The van der Waals surface area contributed by atoms with Gasteiger partial charge in [0.2, 0.25) is 0 Å². The first-order valence-corrected chi connectivity index (χ1v) is 7.07. The second kappa shape index (κ2) is 5.50. The highest BCUT2D eigenvalue weighted by molar-refractivity contribution is 4.84. The fourth-order valence-electron chi connectivity index (χ4n) is 3.47. The molecule has 94 valence electrons. The monoisotopic (exact) mass is 224 g/mol. The lowest BCUT2D eigenvalue weighted by Crippen LogP contribution is -2.47. The molecule has 1 saturated heterocycles. The number of hydrogen-bond acceptors (Lipinski definition) is 2. The van der Waals surface area contributed by atoms with Crippen molar-refractivity contribution in [1.29, 1.82) is 0 Å². The zero-order valence-electron chi connectivity index (χ0n) is 11.3. The van der Waals surface area contributed by atoms with E-state index in [1.807, 2.05) is 0 Å². The number of piperidine rings is 1. The molecule has 1 aliphatic heterocycles. The summed E-state index contributed by atoms with van der Waals surface area (Å²) in [5.41, 5.74) is 0. The second-order valence-corrected chi connectivity index (χ2v) is 6.13. The molecule has 16 heavy (non-hydrogen) atoms. The summed E-state index contributed by atoms with van der Waals surface area (Å²) in [5.74, 6) is 0.951. The van der Waals surface area contributed by atoms with Gasteiger partial charge < -0.3 is 9.80 Å². The maximum Gasteiger partial charge on any atom is 0.0119 e. The predicted octanol–water partition coefficient (Wildman–Crippen LogP) is 2.59. The van der Waals surface area contributed by atoms with Gasteiger partial charge in [-0.05, 0) is 58.8 Å². The second-order valence-electron chi connectivity index (χ2n) is 6.13. The highest BCUT2D eigenvalue weighted by Gasteiger charge is 2.28. The molecule has 0 radical (unpaired) electrons. The van der Waals surface area contributed by atoms with Gasteiger partial charge in [-0.3, -0.25) is 0 Å². The Labute approximate surface area is 101 Å². The highest BCUT2D eigenvalue weighted by atomic mass is 15.2. The van der Waals surface area contributed by atoms with E-state index in [0.29, 0.717) is 0 Å². The van der Waals surface area contributed by atoms with E-state index in [9.17, 15) is 0 Å². The van der Waals surface area contributed by atoms with Crippen LogP contribution in [0, 0.1) is 5.92 Å². The first kappa shape index (κ1) is 12.4. The Morgan fingerprint density at radius 2 is 1.69 bits per heavy atom. The van der Waals surface area contributed by atoms with Crippen molar-refractivity contribution in [1.82, 2.24) is 9.80 Å². The van der Waals surface area contributed by atoms with Crippen molar-refractivity contribution in [2.24, 2.45) is 5.92 Å². The Morgan fingerprint density at radius 1 is 1.00 bits per heavy atom. The summed E-state index contributed by atoms with van der Waals surface area (Å²) in [6.45, 7) is 5.00. The summed E-state index contributed by atoms with van der Waals surface area (Å²) < 4.78 is 0. The maximum atomic E-state index is 2.71. The van der Waals surface area contributed by atoms with Gasteiger partial charge in [-0.1, -0.05) is 19.8 Å². The molecular weight excluding hydrogens is 196 g/mol. The average Bonchev–Trinajstić information content (AvgIpc) is 2.29. The van der Waals surface area contributed by atoms with Gasteiger partial charge in [-0.25, -0.2) is 0 Å². The number of hydrogen-bond donors (Lipinski definition) is 0. The zero-order valence-corrected chi connectivity index (χ0v) is 11.3. The van der Waals surface area contributed by atoms with Crippen LogP contribution in [0.25, 0.3) is 0 Å². The maximum absolute atomic E-state index is 2.71. The van der Waals surface area contributed by atoms with Gasteiger partial charge in [-0.15, -0.1) is 0 Å². The van der Waals surface area contributed by atoms with Crippen molar-refractivity contribution in [3.8, 4) is 0 Å². The molecule has 2 atom stereocenters. The molecule has 0 amide bonds. The van der Waals surface area contributed by atoms with Crippen molar-refractivity contribution < 1.29 is 0 Å². The van der Waals surface area contributed by atoms with Gasteiger partial charge >= 0.3 is 0 Å². The van der Waals surface area contributed by atoms with Gasteiger partial charge in [0.15, 0.2) is 0 Å². The zero-order chi connectivity index (χ0) is 11.5. The molecule has 0 unspecified atom stereocenters. The quantitative estimate of drug-likeness (QED) is 0.711. The molecule has 0 aromatic carbocycles. The fourth-order valence-corrected chi connectivity index (χ4v) is 3.47. The normalized spacial score (nSPS) is 34.5.